The highest BCUT2D eigenvalue weighted by molar-refractivity contribution is 6.08. The fourth-order valence-electron chi connectivity index (χ4n) is 4.74. The summed E-state index contributed by atoms with van der Waals surface area (Å²) < 4.78 is 37.1. The van der Waals surface area contributed by atoms with Gasteiger partial charge in [-0.1, -0.05) is 11.6 Å². The molecule has 6 rings (SSSR count). The Morgan fingerprint density at radius 2 is 1.74 bits per heavy atom. The molecule has 3 aromatic carbocycles. The lowest BCUT2D eigenvalue weighted by atomic mass is 10.1. The zero-order chi connectivity index (χ0) is 26.6. The van der Waals surface area contributed by atoms with E-state index in [1.54, 1.807) is 0 Å². The van der Waals surface area contributed by atoms with Crippen LogP contribution in [-0.2, 0) is 4.74 Å². The summed E-state index contributed by atoms with van der Waals surface area (Å²) in [6.45, 7) is 3.95. The number of fused-ring (bicyclic) bond motifs is 3. The first-order valence-electron chi connectivity index (χ1n) is 13.1. The highest BCUT2D eigenvalue weighted by Crippen LogP contribution is 2.34. The smallest absolute Gasteiger partial charge is 0.216 e. The van der Waals surface area contributed by atoms with Gasteiger partial charge < -0.3 is 9.47 Å². The monoisotopic (exact) mass is 464 g/mol. The minimum absolute atomic E-state index is 0.0452. The molecule has 0 spiro atoms. The topological polar surface area (TPSA) is 48.6 Å². The number of nitrogens with zero attached hydrogens (tertiary/aromatic N) is 3. The van der Waals surface area contributed by atoms with Crippen LogP contribution in [0.5, 0.6) is 11.5 Å². The van der Waals surface area contributed by atoms with E-state index in [0.717, 1.165) is 38.8 Å². The number of rotatable bonds is 4. The third kappa shape index (κ3) is 3.93. The molecule has 0 N–H and O–H groups in total. The molecule has 0 radical (unpaired) electrons. The van der Waals surface area contributed by atoms with E-state index in [-0.39, 0.29) is 6.61 Å². The van der Waals surface area contributed by atoms with Crippen molar-refractivity contribution in [1.29, 1.82) is 0 Å². The molecular weight excluding hydrogens is 434 g/mol. The first-order valence-corrected chi connectivity index (χ1v) is 11.6. The highest BCUT2D eigenvalue weighted by Gasteiger charge is 2.18. The largest absolute Gasteiger partial charge is 0.475 e. The normalized spacial score (nSPS) is 17.1. The van der Waals surface area contributed by atoms with E-state index in [9.17, 15) is 0 Å². The summed E-state index contributed by atoms with van der Waals surface area (Å²) in [4.78, 5) is 9.02. The summed E-state index contributed by atoms with van der Waals surface area (Å²) in [7, 11) is 0. The zero-order valence-electron chi connectivity index (χ0n) is 22.9. The van der Waals surface area contributed by atoms with Crippen LogP contribution in [0.3, 0.4) is 0 Å². The lowest BCUT2D eigenvalue weighted by Gasteiger charge is -2.13. The molecule has 2 aromatic heterocycles. The molecule has 0 aliphatic carbocycles. The molecule has 3 heterocycles. The second kappa shape index (κ2) is 8.27. The standard InChI is InChI=1S/C30H27N3O2/c1-18-7-8-28-27(14-18)26-6-5-9-31-29(26)33(28)23-11-20(3)13-25(16-23)35-24-12-19(2)10-22(15-24)30-32-21(4)17-34-30/h5-16,21H,17H2,1-4H3/t21-/m1/s1/i4D3. The Balaban J connectivity index is 1.40. The lowest BCUT2D eigenvalue weighted by molar-refractivity contribution is 0.324. The third-order valence-corrected chi connectivity index (χ3v) is 6.16. The number of benzene rings is 3. The molecule has 0 fully saturated rings. The predicted octanol–water partition coefficient (Wildman–Crippen LogP) is 7.06. The van der Waals surface area contributed by atoms with Crippen LogP contribution in [0.25, 0.3) is 27.6 Å². The summed E-state index contributed by atoms with van der Waals surface area (Å²) in [5.41, 5.74) is 6.83. The minimum Gasteiger partial charge on any atom is -0.475 e. The number of aryl methyl sites for hydroxylation is 3. The fourth-order valence-corrected chi connectivity index (χ4v) is 4.74. The molecule has 0 bridgehead atoms. The molecule has 0 saturated carbocycles. The molecule has 0 amide bonds. The maximum Gasteiger partial charge on any atom is 0.216 e. The van der Waals surface area contributed by atoms with Crippen molar-refractivity contribution >= 4 is 27.8 Å². The van der Waals surface area contributed by atoms with Crippen molar-refractivity contribution in [2.75, 3.05) is 6.61 Å². The van der Waals surface area contributed by atoms with Gasteiger partial charge >= 0.3 is 0 Å². The van der Waals surface area contributed by atoms with Gasteiger partial charge in [0.2, 0.25) is 5.90 Å². The van der Waals surface area contributed by atoms with Gasteiger partial charge in [0.15, 0.2) is 0 Å². The summed E-state index contributed by atoms with van der Waals surface area (Å²) in [5, 5.41) is 2.26. The van der Waals surface area contributed by atoms with Crippen LogP contribution in [0.4, 0.5) is 0 Å². The molecule has 5 aromatic rings. The summed E-state index contributed by atoms with van der Waals surface area (Å²) in [5.74, 6) is 1.64. The van der Waals surface area contributed by atoms with E-state index in [1.165, 1.54) is 5.56 Å². The van der Waals surface area contributed by atoms with Gasteiger partial charge in [-0.15, -0.1) is 0 Å². The van der Waals surface area contributed by atoms with Crippen molar-refractivity contribution in [1.82, 2.24) is 9.55 Å². The van der Waals surface area contributed by atoms with Crippen molar-refractivity contribution in [2.24, 2.45) is 4.99 Å². The van der Waals surface area contributed by atoms with E-state index in [1.807, 2.05) is 56.4 Å². The molecule has 174 valence electrons. The Hall–Kier alpha value is -4.12. The summed E-state index contributed by atoms with van der Waals surface area (Å²) in [6, 6.07) is 21.5. The summed E-state index contributed by atoms with van der Waals surface area (Å²) >= 11 is 0. The van der Waals surface area contributed by atoms with Crippen molar-refractivity contribution < 1.29 is 13.6 Å². The fraction of sp³-hybridized carbons (Fsp3) is 0.200. The summed E-state index contributed by atoms with van der Waals surface area (Å²) in [6.07, 6.45) is 1.82. The second-order valence-electron chi connectivity index (χ2n) is 9.13. The van der Waals surface area contributed by atoms with Gasteiger partial charge in [0.25, 0.3) is 0 Å². The van der Waals surface area contributed by atoms with Crippen LogP contribution < -0.4 is 4.74 Å². The second-order valence-corrected chi connectivity index (χ2v) is 9.13. The molecule has 1 atom stereocenters. The Bertz CT molecular complexity index is 1740. The molecule has 35 heavy (non-hydrogen) atoms. The SMILES string of the molecule is [2H]C([2H])([2H])[C@@H]1COC(c2cc(C)cc(Oc3cc(C)cc(-n4c5ccc(C)cc5c5cccnc54)c3)c2)=N1. The predicted molar refractivity (Wildman–Crippen MR) is 141 cm³/mol. The van der Waals surface area contributed by atoms with Gasteiger partial charge in [-0.05, 0) is 93.3 Å². The van der Waals surface area contributed by atoms with E-state index >= 15 is 0 Å². The van der Waals surface area contributed by atoms with Crippen molar-refractivity contribution in [3.63, 3.8) is 0 Å². The first-order chi connectivity index (χ1) is 18.2. The average Bonchev–Trinajstić information content (AvgIpc) is 3.47. The number of hydrogen-bond donors (Lipinski definition) is 0. The number of hydrogen-bond acceptors (Lipinski definition) is 4. The maximum atomic E-state index is 7.64. The van der Waals surface area contributed by atoms with Crippen molar-refractivity contribution in [3.8, 4) is 17.2 Å². The van der Waals surface area contributed by atoms with E-state index < -0.39 is 12.9 Å². The lowest BCUT2D eigenvalue weighted by Crippen LogP contribution is -2.03. The van der Waals surface area contributed by atoms with Crippen LogP contribution in [-0.4, -0.2) is 28.1 Å². The van der Waals surface area contributed by atoms with Crippen LogP contribution in [0, 0.1) is 20.8 Å². The molecular formula is C30H27N3O2. The average molecular weight is 465 g/mol. The molecule has 1 aliphatic heterocycles. The van der Waals surface area contributed by atoms with Gasteiger partial charge in [0, 0.05) is 32.7 Å². The van der Waals surface area contributed by atoms with Crippen molar-refractivity contribution in [2.45, 2.75) is 33.7 Å². The van der Waals surface area contributed by atoms with Gasteiger partial charge in [-0.2, -0.15) is 0 Å². The molecule has 0 unspecified atom stereocenters. The third-order valence-electron chi connectivity index (χ3n) is 6.16. The number of aromatic nitrogens is 2. The van der Waals surface area contributed by atoms with Crippen LogP contribution in [0.15, 0.2) is 77.9 Å². The Kier molecular flexibility index (Phi) is 4.31. The Morgan fingerprint density at radius 1 is 0.914 bits per heavy atom. The Labute approximate surface area is 208 Å². The van der Waals surface area contributed by atoms with E-state index in [0.29, 0.717) is 23.0 Å². The molecule has 1 aliphatic rings. The minimum atomic E-state index is -2.19. The molecule has 5 heteroatoms. The van der Waals surface area contributed by atoms with Gasteiger partial charge in [0.05, 0.1) is 17.2 Å². The Morgan fingerprint density at radius 3 is 2.57 bits per heavy atom. The molecule has 0 saturated heterocycles. The number of pyridine rings is 1. The van der Waals surface area contributed by atoms with E-state index in [2.05, 4.69) is 46.8 Å². The van der Waals surface area contributed by atoms with Gasteiger partial charge in [0.1, 0.15) is 23.8 Å². The first kappa shape index (κ1) is 18.2. The molecule has 5 nitrogen and oxygen atoms in total. The number of ether oxygens (including phenoxy) is 2. The van der Waals surface area contributed by atoms with Crippen LogP contribution in [0.1, 0.15) is 33.2 Å². The van der Waals surface area contributed by atoms with Crippen LogP contribution in [0.2, 0.25) is 0 Å². The highest BCUT2D eigenvalue weighted by atomic mass is 16.5. The van der Waals surface area contributed by atoms with Gasteiger partial charge in [-0.3, -0.25) is 4.57 Å². The maximum absolute atomic E-state index is 7.64. The zero-order valence-corrected chi connectivity index (χ0v) is 19.9. The number of aliphatic imine (C=N–C) groups is 1. The van der Waals surface area contributed by atoms with Crippen molar-refractivity contribution in [3.05, 3.63) is 95.2 Å². The van der Waals surface area contributed by atoms with Gasteiger partial charge in [-0.25, -0.2) is 9.98 Å². The quantitative estimate of drug-likeness (QED) is 0.286. The van der Waals surface area contributed by atoms with Crippen LogP contribution >= 0.6 is 0 Å². The van der Waals surface area contributed by atoms with E-state index in [4.69, 9.17) is 18.6 Å².